The van der Waals surface area contributed by atoms with Gasteiger partial charge in [0.2, 0.25) is 0 Å². The van der Waals surface area contributed by atoms with Crippen molar-refractivity contribution in [2.45, 2.75) is 19.0 Å². The molecular formula is C14H14F3N3O2. The van der Waals surface area contributed by atoms with E-state index >= 15 is 0 Å². The predicted octanol–water partition coefficient (Wildman–Crippen LogP) is 1.88. The summed E-state index contributed by atoms with van der Waals surface area (Å²) in [7, 11) is 0. The molecule has 0 unspecified atom stereocenters. The zero-order chi connectivity index (χ0) is 15.7. The number of alkyl halides is 3. The van der Waals surface area contributed by atoms with E-state index in [1.54, 1.807) is 0 Å². The number of carbonyl (C=O) groups is 1. The predicted molar refractivity (Wildman–Crippen MR) is 72.3 cm³/mol. The maximum Gasteiger partial charge on any atom is 0.419 e. The minimum Gasteiger partial charge on any atom is -0.493 e. The van der Waals surface area contributed by atoms with Gasteiger partial charge in [-0.25, -0.2) is 0 Å². The molecule has 118 valence electrons. The summed E-state index contributed by atoms with van der Waals surface area (Å²) in [6.45, 7) is 0.182. The molecule has 1 amide bonds. The third-order valence-corrected chi connectivity index (χ3v) is 3.43. The average molecular weight is 313 g/mol. The first-order valence-corrected chi connectivity index (χ1v) is 6.87. The van der Waals surface area contributed by atoms with E-state index in [2.05, 4.69) is 15.8 Å². The Bertz CT molecular complexity index is 624. The van der Waals surface area contributed by atoms with Crippen LogP contribution in [0.25, 0.3) is 0 Å². The zero-order valence-electron chi connectivity index (χ0n) is 11.5. The molecule has 1 fully saturated rings. The number of benzene rings is 1. The second-order valence-corrected chi connectivity index (χ2v) is 5.30. The lowest BCUT2D eigenvalue weighted by Crippen LogP contribution is -2.47. The van der Waals surface area contributed by atoms with Gasteiger partial charge in [-0.3, -0.25) is 20.6 Å². The maximum atomic E-state index is 13.2. The summed E-state index contributed by atoms with van der Waals surface area (Å²) < 4.78 is 44.9. The van der Waals surface area contributed by atoms with Crippen LogP contribution in [0.15, 0.2) is 23.2 Å². The van der Waals surface area contributed by atoms with E-state index in [1.807, 2.05) is 0 Å². The molecule has 1 aliphatic carbocycles. The number of nitrogens with one attached hydrogen (secondary N) is 2. The number of nitrogens with zero attached hydrogens (tertiary/aromatic N) is 1. The first-order valence-electron chi connectivity index (χ1n) is 6.87. The molecule has 1 aromatic carbocycles. The third kappa shape index (κ3) is 3.32. The van der Waals surface area contributed by atoms with Gasteiger partial charge >= 0.3 is 6.18 Å². The van der Waals surface area contributed by atoms with Crippen molar-refractivity contribution in [1.29, 1.82) is 0 Å². The SMILES string of the molecule is O=C1CN=C(c2ccc(OCC3CC3)c(C(F)(F)F)c2)NN1. The van der Waals surface area contributed by atoms with Crippen LogP contribution in [-0.2, 0) is 11.0 Å². The highest BCUT2D eigenvalue weighted by Gasteiger charge is 2.35. The highest BCUT2D eigenvalue weighted by atomic mass is 19.4. The molecule has 0 spiro atoms. The van der Waals surface area contributed by atoms with Crippen molar-refractivity contribution in [1.82, 2.24) is 10.9 Å². The van der Waals surface area contributed by atoms with Crippen molar-refractivity contribution in [3.8, 4) is 5.75 Å². The molecule has 0 bridgehead atoms. The van der Waals surface area contributed by atoms with E-state index in [9.17, 15) is 18.0 Å². The van der Waals surface area contributed by atoms with Gasteiger partial charge in [-0.15, -0.1) is 0 Å². The fourth-order valence-corrected chi connectivity index (χ4v) is 2.04. The van der Waals surface area contributed by atoms with Crippen LogP contribution in [0.4, 0.5) is 13.2 Å². The van der Waals surface area contributed by atoms with Crippen molar-refractivity contribution >= 4 is 11.7 Å². The van der Waals surface area contributed by atoms with Crippen LogP contribution in [0.3, 0.4) is 0 Å². The lowest BCUT2D eigenvalue weighted by atomic mass is 10.1. The molecule has 3 rings (SSSR count). The number of hydrogen-bond donors (Lipinski definition) is 2. The van der Waals surface area contributed by atoms with Crippen LogP contribution < -0.4 is 15.6 Å². The lowest BCUT2D eigenvalue weighted by Gasteiger charge is -2.18. The van der Waals surface area contributed by atoms with Crippen molar-refractivity contribution in [3.05, 3.63) is 29.3 Å². The van der Waals surface area contributed by atoms with Gasteiger partial charge < -0.3 is 4.74 Å². The van der Waals surface area contributed by atoms with Gasteiger partial charge in [0, 0.05) is 5.56 Å². The molecule has 5 nitrogen and oxygen atoms in total. The van der Waals surface area contributed by atoms with Crippen LogP contribution >= 0.6 is 0 Å². The highest BCUT2D eigenvalue weighted by molar-refractivity contribution is 6.02. The summed E-state index contributed by atoms with van der Waals surface area (Å²) in [5, 5.41) is 0. The number of ether oxygens (including phenoxy) is 1. The Hall–Kier alpha value is -2.25. The number of amidine groups is 1. The number of amides is 1. The molecule has 1 heterocycles. The minimum absolute atomic E-state index is 0.121. The first kappa shape index (κ1) is 14.7. The number of aliphatic imine (C=N–C) groups is 1. The van der Waals surface area contributed by atoms with Gasteiger partial charge in [-0.2, -0.15) is 13.2 Å². The smallest absolute Gasteiger partial charge is 0.419 e. The van der Waals surface area contributed by atoms with Crippen molar-refractivity contribution < 1.29 is 22.7 Å². The summed E-state index contributed by atoms with van der Waals surface area (Å²) in [6.07, 6.45) is -2.52. The van der Waals surface area contributed by atoms with Crippen LogP contribution in [0.2, 0.25) is 0 Å². The molecule has 1 aromatic rings. The average Bonchev–Trinajstić information content (AvgIpc) is 3.29. The summed E-state index contributed by atoms with van der Waals surface area (Å²) in [5.74, 6) is 0.0342. The Morgan fingerprint density at radius 1 is 1.27 bits per heavy atom. The standard InChI is InChI=1S/C14H14F3N3O2/c15-14(16,17)10-5-9(13-18-6-12(21)19-20-13)3-4-11(10)22-7-8-1-2-8/h3-5,8H,1-2,6-7H2,(H,18,20)(H,19,21). The van der Waals surface area contributed by atoms with E-state index in [0.717, 1.165) is 18.9 Å². The van der Waals surface area contributed by atoms with Gasteiger partial charge in [-0.05, 0) is 37.0 Å². The normalized spacial score (nSPS) is 18.3. The van der Waals surface area contributed by atoms with E-state index in [-0.39, 0.29) is 29.6 Å². The van der Waals surface area contributed by atoms with E-state index in [1.165, 1.54) is 12.1 Å². The number of hydrogen-bond acceptors (Lipinski definition) is 4. The Balaban J connectivity index is 1.87. The summed E-state index contributed by atoms with van der Waals surface area (Å²) >= 11 is 0. The zero-order valence-corrected chi connectivity index (χ0v) is 11.5. The fourth-order valence-electron chi connectivity index (χ4n) is 2.04. The summed E-state index contributed by atoms with van der Waals surface area (Å²) in [6, 6.07) is 3.76. The van der Waals surface area contributed by atoms with E-state index in [0.29, 0.717) is 12.5 Å². The van der Waals surface area contributed by atoms with Gasteiger partial charge in [0.05, 0.1) is 12.2 Å². The molecule has 1 saturated carbocycles. The minimum atomic E-state index is -4.52. The lowest BCUT2D eigenvalue weighted by molar-refractivity contribution is -0.139. The molecular weight excluding hydrogens is 299 g/mol. The van der Waals surface area contributed by atoms with Crippen LogP contribution in [0.5, 0.6) is 5.75 Å². The summed E-state index contributed by atoms with van der Waals surface area (Å²) in [5.41, 5.74) is 4.21. The monoisotopic (exact) mass is 313 g/mol. The fraction of sp³-hybridized carbons (Fsp3) is 0.429. The molecule has 0 atom stereocenters. The number of carbonyl (C=O) groups excluding carboxylic acids is 1. The van der Waals surface area contributed by atoms with Crippen LogP contribution in [0, 0.1) is 5.92 Å². The number of halogens is 3. The second-order valence-electron chi connectivity index (χ2n) is 5.30. The largest absolute Gasteiger partial charge is 0.493 e. The first-order chi connectivity index (χ1) is 10.4. The van der Waals surface area contributed by atoms with Gasteiger partial charge in [0.25, 0.3) is 5.91 Å². The molecule has 0 aromatic heterocycles. The van der Waals surface area contributed by atoms with Gasteiger partial charge in [0.15, 0.2) is 0 Å². The molecule has 8 heteroatoms. The quantitative estimate of drug-likeness (QED) is 0.892. The maximum absolute atomic E-state index is 13.2. The Morgan fingerprint density at radius 3 is 2.64 bits per heavy atom. The van der Waals surface area contributed by atoms with Crippen molar-refractivity contribution in [2.24, 2.45) is 10.9 Å². The molecule has 2 N–H and O–H groups in total. The van der Waals surface area contributed by atoms with Crippen molar-refractivity contribution in [2.75, 3.05) is 13.2 Å². The van der Waals surface area contributed by atoms with E-state index < -0.39 is 11.7 Å². The number of rotatable bonds is 4. The third-order valence-electron chi connectivity index (χ3n) is 3.43. The molecule has 0 radical (unpaired) electrons. The van der Waals surface area contributed by atoms with Crippen LogP contribution in [-0.4, -0.2) is 24.9 Å². The molecule has 1 aliphatic heterocycles. The number of hydrazine groups is 1. The Labute approximate surface area is 124 Å². The Morgan fingerprint density at radius 2 is 2.05 bits per heavy atom. The van der Waals surface area contributed by atoms with Crippen LogP contribution in [0.1, 0.15) is 24.0 Å². The second kappa shape index (κ2) is 5.51. The van der Waals surface area contributed by atoms with E-state index in [4.69, 9.17) is 4.74 Å². The Kier molecular flexibility index (Phi) is 3.67. The van der Waals surface area contributed by atoms with Gasteiger partial charge in [-0.1, -0.05) is 0 Å². The molecule has 2 aliphatic rings. The summed E-state index contributed by atoms with van der Waals surface area (Å²) in [4.78, 5) is 14.9. The topological polar surface area (TPSA) is 62.7 Å². The molecule has 22 heavy (non-hydrogen) atoms. The van der Waals surface area contributed by atoms with Gasteiger partial charge in [0.1, 0.15) is 18.1 Å². The van der Waals surface area contributed by atoms with Crippen molar-refractivity contribution in [3.63, 3.8) is 0 Å². The highest BCUT2D eigenvalue weighted by Crippen LogP contribution is 2.38. The molecule has 0 saturated heterocycles.